The van der Waals surface area contributed by atoms with Crippen LogP contribution in [-0.4, -0.2) is 12.5 Å². The van der Waals surface area contributed by atoms with E-state index >= 15 is 0 Å². The molecule has 0 spiro atoms. The molecule has 1 aromatic carbocycles. The Morgan fingerprint density at radius 3 is 2.44 bits per heavy atom. The smallest absolute Gasteiger partial charge is 0.227 e. The molecule has 1 amide bonds. The SMILES string of the molecule is CCCCCNC(=O)C(CC)c1ccc(F)cc1. The molecule has 0 bridgehead atoms. The third kappa shape index (κ3) is 4.47. The molecule has 0 aliphatic heterocycles. The Hall–Kier alpha value is -1.38. The molecule has 0 radical (unpaired) electrons. The summed E-state index contributed by atoms with van der Waals surface area (Å²) in [6, 6.07) is 6.19. The number of rotatable bonds is 7. The van der Waals surface area contributed by atoms with Gasteiger partial charge in [-0.2, -0.15) is 0 Å². The highest BCUT2D eigenvalue weighted by Crippen LogP contribution is 2.19. The zero-order chi connectivity index (χ0) is 13.4. The number of nitrogens with one attached hydrogen (secondary N) is 1. The highest BCUT2D eigenvalue weighted by Gasteiger charge is 2.17. The normalized spacial score (nSPS) is 12.2. The number of hydrogen-bond acceptors (Lipinski definition) is 1. The van der Waals surface area contributed by atoms with Crippen LogP contribution in [0.3, 0.4) is 0 Å². The van der Waals surface area contributed by atoms with Crippen LogP contribution in [0, 0.1) is 5.82 Å². The lowest BCUT2D eigenvalue weighted by atomic mass is 9.95. The fourth-order valence-corrected chi connectivity index (χ4v) is 1.98. The van der Waals surface area contributed by atoms with E-state index in [9.17, 15) is 9.18 Å². The lowest BCUT2D eigenvalue weighted by Crippen LogP contribution is -2.29. The first kappa shape index (κ1) is 14.7. The predicted octanol–water partition coefficient (Wildman–Crippen LogP) is 3.63. The minimum absolute atomic E-state index is 0.0419. The van der Waals surface area contributed by atoms with Crippen LogP contribution in [0.1, 0.15) is 51.0 Å². The van der Waals surface area contributed by atoms with Gasteiger partial charge in [-0.15, -0.1) is 0 Å². The van der Waals surface area contributed by atoms with Crippen molar-refractivity contribution in [3.05, 3.63) is 35.6 Å². The quantitative estimate of drug-likeness (QED) is 0.737. The summed E-state index contributed by atoms with van der Waals surface area (Å²) >= 11 is 0. The van der Waals surface area contributed by atoms with Gasteiger partial charge in [-0.05, 0) is 30.5 Å². The summed E-state index contributed by atoms with van der Waals surface area (Å²) in [5, 5.41) is 2.95. The maximum Gasteiger partial charge on any atom is 0.227 e. The van der Waals surface area contributed by atoms with Crippen molar-refractivity contribution in [2.24, 2.45) is 0 Å². The average molecular weight is 251 g/mol. The molecule has 0 saturated heterocycles. The van der Waals surface area contributed by atoms with Crippen molar-refractivity contribution in [2.75, 3.05) is 6.54 Å². The van der Waals surface area contributed by atoms with Gasteiger partial charge in [0.05, 0.1) is 5.92 Å². The molecule has 0 saturated carbocycles. The van der Waals surface area contributed by atoms with Gasteiger partial charge < -0.3 is 5.32 Å². The highest BCUT2D eigenvalue weighted by molar-refractivity contribution is 5.83. The Morgan fingerprint density at radius 2 is 1.89 bits per heavy atom. The molecule has 1 aromatic rings. The molecular weight excluding hydrogens is 229 g/mol. The Kier molecular flexibility index (Phi) is 6.40. The van der Waals surface area contributed by atoms with E-state index in [1.165, 1.54) is 12.1 Å². The summed E-state index contributed by atoms with van der Waals surface area (Å²) in [6.45, 7) is 4.83. The number of carbonyl (C=O) groups is 1. The van der Waals surface area contributed by atoms with Crippen LogP contribution in [0.25, 0.3) is 0 Å². The molecule has 2 nitrogen and oxygen atoms in total. The van der Waals surface area contributed by atoms with Crippen molar-refractivity contribution >= 4 is 5.91 Å². The van der Waals surface area contributed by atoms with Gasteiger partial charge in [0.2, 0.25) is 5.91 Å². The summed E-state index contributed by atoms with van der Waals surface area (Å²) in [5.74, 6) is -0.399. The van der Waals surface area contributed by atoms with E-state index in [2.05, 4.69) is 12.2 Å². The van der Waals surface area contributed by atoms with Gasteiger partial charge in [0.15, 0.2) is 0 Å². The number of hydrogen-bond donors (Lipinski definition) is 1. The molecule has 18 heavy (non-hydrogen) atoms. The van der Waals surface area contributed by atoms with E-state index in [0.29, 0.717) is 0 Å². The van der Waals surface area contributed by atoms with E-state index < -0.39 is 0 Å². The fraction of sp³-hybridized carbons (Fsp3) is 0.533. The minimum Gasteiger partial charge on any atom is -0.356 e. The number of carbonyl (C=O) groups excluding carboxylic acids is 1. The molecule has 1 rings (SSSR count). The number of benzene rings is 1. The summed E-state index contributed by atoms with van der Waals surface area (Å²) < 4.78 is 12.8. The molecule has 1 unspecified atom stereocenters. The van der Waals surface area contributed by atoms with E-state index in [1.54, 1.807) is 12.1 Å². The molecule has 0 heterocycles. The van der Waals surface area contributed by atoms with Gasteiger partial charge in [0.1, 0.15) is 5.82 Å². The Labute approximate surface area is 109 Å². The van der Waals surface area contributed by atoms with Crippen LogP contribution >= 0.6 is 0 Å². The second-order valence-corrected chi connectivity index (χ2v) is 4.51. The fourth-order valence-electron chi connectivity index (χ4n) is 1.98. The Morgan fingerprint density at radius 1 is 1.22 bits per heavy atom. The molecule has 0 fully saturated rings. The second kappa shape index (κ2) is 7.85. The van der Waals surface area contributed by atoms with Crippen molar-refractivity contribution < 1.29 is 9.18 Å². The highest BCUT2D eigenvalue weighted by atomic mass is 19.1. The third-order valence-electron chi connectivity index (χ3n) is 3.08. The van der Waals surface area contributed by atoms with Crippen LogP contribution in [0.4, 0.5) is 4.39 Å². The van der Waals surface area contributed by atoms with E-state index in [-0.39, 0.29) is 17.6 Å². The summed E-state index contributed by atoms with van der Waals surface area (Å²) in [7, 11) is 0. The van der Waals surface area contributed by atoms with E-state index in [1.807, 2.05) is 6.92 Å². The van der Waals surface area contributed by atoms with Crippen molar-refractivity contribution in [2.45, 2.75) is 45.4 Å². The molecule has 0 aliphatic rings. The molecule has 100 valence electrons. The molecule has 1 N–H and O–H groups in total. The van der Waals surface area contributed by atoms with Crippen molar-refractivity contribution in [3.8, 4) is 0 Å². The van der Waals surface area contributed by atoms with Crippen LogP contribution in [-0.2, 0) is 4.79 Å². The first-order valence-electron chi connectivity index (χ1n) is 6.72. The summed E-state index contributed by atoms with van der Waals surface area (Å²) in [5.41, 5.74) is 0.881. The van der Waals surface area contributed by atoms with Crippen LogP contribution < -0.4 is 5.32 Å². The third-order valence-corrected chi connectivity index (χ3v) is 3.08. The number of halogens is 1. The van der Waals surface area contributed by atoms with Crippen LogP contribution in [0.5, 0.6) is 0 Å². The van der Waals surface area contributed by atoms with Crippen molar-refractivity contribution in [1.29, 1.82) is 0 Å². The number of amides is 1. The lowest BCUT2D eigenvalue weighted by molar-refractivity contribution is -0.122. The van der Waals surface area contributed by atoms with Gasteiger partial charge in [-0.1, -0.05) is 38.8 Å². The van der Waals surface area contributed by atoms with E-state index in [0.717, 1.165) is 37.8 Å². The maximum atomic E-state index is 12.8. The maximum absolute atomic E-state index is 12.8. The van der Waals surface area contributed by atoms with Gasteiger partial charge in [0.25, 0.3) is 0 Å². The first-order valence-corrected chi connectivity index (χ1v) is 6.72. The van der Waals surface area contributed by atoms with Crippen LogP contribution in [0.2, 0.25) is 0 Å². The zero-order valence-electron chi connectivity index (χ0n) is 11.2. The second-order valence-electron chi connectivity index (χ2n) is 4.51. The van der Waals surface area contributed by atoms with Crippen molar-refractivity contribution in [3.63, 3.8) is 0 Å². The minimum atomic E-state index is -0.267. The standard InChI is InChI=1S/C15H22FNO/c1-3-5-6-11-17-15(18)14(4-2)12-7-9-13(16)10-8-12/h7-10,14H,3-6,11H2,1-2H3,(H,17,18). The zero-order valence-corrected chi connectivity index (χ0v) is 11.2. The number of unbranched alkanes of at least 4 members (excludes halogenated alkanes) is 2. The molecule has 3 heteroatoms. The molecular formula is C15H22FNO. The topological polar surface area (TPSA) is 29.1 Å². The first-order chi connectivity index (χ1) is 8.69. The Bertz CT molecular complexity index is 361. The predicted molar refractivity (Wildman–Crippen MR) is 72.0 cm³/mol. The summed E-state index contributed by atoms with van der Waals surface area (Å²) in [6.07, 6.45) is 4.02. The summed E-state index contributed by atoms with van der Waals surface area (Å²) in [4.78, 5) is 12.0. The molecule has 1 atom stereocenters. The average Bonchev–Trinajstić information content (AvgIpc) is 2.38. The van der Waals surface area contributed by atoms with Crippen molar-refractivity contribution in [1.82, 2.24) is 5.32 Å². The van der Waals surface area contributed by atoms with Gasteiger partial charge >= 0.3 is 0 Å². The lowest BCUT2D eigenvalue weighted by Gasteiger charge is -2.15. The van der Waals surface area contributed by atoms with Gasteiger partial charge in [-0.3, -0.25) is 4.79 Å². The van der Waals surface area contributed by atoms with Gasteiger partial charge in [-0.25, -0.2) is 4.39 Å². The largest absolute Gasteiger partial charge is 0.356 e. The molecule has 0 aliphatic carbocycles. The monoisotopic (exact) mass is 251 g/mol. The van der Waals surface area contributed by atoms with Gasteiger partial charge in [0, 0.05) is 6.54 Å². The van der Waals surface area contributed by atoms with Crippen LogP contribution in [0.15, 0.2) is 24.3 Å². The van der Waals surface area contributed by atoms with E-state index in [4.69, 9.17) is 0 Å². The Balaban J connectivity index is 2.54. The molecule has 0 aromatic heterocycles.